The molecule has 0 bridgehead atoms. The zero-order valence-corrected chi connectivity index (χ0v) is 19.9. The number of aryl methyl sites for hydroxylation is 1. The molecule has 0 aliphatic heterocycles. The summed E-state index contributed by atoms with van der Waals surface area (Å²) in [5, 5.41) is 21.0. The van der Waals surface area contributed by atoms with Gasteiger partial charge in [-0.2, -0.15) is 5.26 Å². The first kappa shape index (κ1) is 22.1. The van der Waals surface area contributed by atoms with E-state index in [1.54, 1.807) is 49.5 Å². The molecule has 8 heteroatoms. The van der Waals surface area contributed by atoms with E-state index >= 15 is 0 Å². The number of rotatable bonds is 4. The van der Waals surface area contributed by atoms with E-state index in [0.717, 1.165) is 11.1 Å². The van der Waals surface area contributed by atoms with Gasteiger partial charge >= 0.3 is 0 Å². The molecule has 4 aromatic rings. The van der Waals surface area contributed by atoms with Crippen molar-refractivity contribution in [3.8, 4) is 6.07 Å². The first-order valence-corrected chi connectivity index (χ1v) is 12.4. The maximum absolute atomic E-state index is 13.8. The maximum Gasteiger partial charge on any atom is 0.248 e. The summed E-state index contributed by atoms with van der Waals surface area (Å²) in [7, 11) is -3.78. The van der Waals surface area contributed by atoms with E-state index in [1.165, 1.54) is 3.97 Å². The fourth-order valence-electron chi connectivity index (χ4n) is 4.70. The monoisotopic (exact) mass is 472 g/mol. The summed E-state index contributed by atoms with van der Waals surface area (Å²) < 4.78 is 27.8. The number of nitrogens with zero attached hydrogens (tertiary/aromatic N) is 3. The molecule has 0 saturated carbocycles. The molecular weight excluding hydrogens is 448 g/mol. The van der Waals surface area contributed by atoms with Crippen molar-refractivity contribution >= 4 is 32.0 Å². The molecule has 1 aliphatic carbocycles. The van der Waals surface area contributed by atoms with Crippen molar-refractivity contribution in [3.63, 3.8) is 0 Å². The zero-order valence-electron chi connectivity index (χ0n) is 19.1. The molecule has 5 rings (SSSR count). The van der Waals surface area contributed by atoms with Crippen LogP contribution < -0.4 is 0 Å². The summed E-state index contributed by atoms with van der Waals surface area (Å²) in [5.74, 6) is 0.328. The van der Waals surface area contributed by atoms with E-state index in [2.05, 4.69) is 16.0 Å². The summed E-state index contributed by atoms with van der Waals surface area (Å²) in [6, 6.07) is 12.5. The van der Waals surface area contributed by atoms with Crippen molar-refractivity contribution in [1.82, 2.24) is 13.9 Å². The van der Waals surface area contributed by atoms with E-state index < -0.39 is 20.9 Å². The number of nitriles is 1. The second-order valence-corrected chi connectivity index (χ2v) is 11.3. The quantitative estimate of drug-likeness (QED) is 0.450. The summed E-state index contributed by atoms with van der Waals surface area (Å²) in [6.07, 6.45) is 6.46. The maximum atomic E-state index is 13.8. The fraction of sp³-hybridized carbons (Fsp3) is 0.231. The van der Waals surface area contributed by atoms with Gasteiger partial charge in [-0.3, -0.25) is 0 Å². The Labute approximate surface area is 197 Å². The summed E-state index contributed by atoms with van der Waals surface area (Å²) in [5.41, 5.74) is 4.57. The Bertz CT molecular complexity index is 1670. The van der Waals surface area contributed by atoms with Crippen molar-refractivity contribution in [2.45, 2.75) is 38.0 Å². The molecule has 2 aromatic heterocycles. The van der Waals surface area contributed by atoms with Crippen LogP contribution in [0.3, 0.4) is 0 Å². The molecule has 172 valence electrons. The number of aromatic nitrogens is 3. The van der Waals surface area contributed by atoms with E-state index in [9.17, 15) is 13.5 Å². The van der Waals surface area contributed by atoms with Gasteiger partial charge in [-0.25, -0.2) is 17.4 Å². The van der Waals surface area contributed by atoms with Crippen LogP contribution in [-0.4, -0.2) is 32.2 Å². The number of imidazole rings is 1. The highest BCUT2D eigenvalue weighted by Crippen LogP contribution is 2.36. The average Bonchev–Trinajstić information content (AvgIpc) is 3.43. The number of benzene rings is 2. The Balaban J connectivity index is 1.64. The van der Waals surface area contributed by atoms with Gasteiger partial charge in [-0.1, -0.05) is 35.9 Å². The van der Waals surface area contributed by atoms with Crippen LogP contribution in [-0.2, 0) is 10.0 Å². The highest BCUT2D eigenvalue weighted by atomic mass is 32.2. The van der Waals surface area contributed by atoms with Gasteiger partial charge in [0.1, 0.15) is 16.7 Å². The van der Waals surface area contributed by atoms with Crippen LogP contribution in [0.2, 0.25) is 0 Å². The smallest absolute Gasteiger partial charge is 0.248 e. The van der Waals surface area contributed by atoms with Crippen molar-refractivity contribution < 1.29 is 13.5 Å². The molecule has 0 saturated heterocycles. The number of allylic oxidation sites excluding steroid dienone is 3. The SMILES string of the molecule is CC1=CC(C)(S(=O)(=O)n2ccc3c(C(O)c4nc5ccc(C#N)cc5[nH]4)ccc(C)c32)CC=C1. The number of H-pyrrole nitrogens is 1. The number of aliphatic hydroxyl groups excluding tert-OH is 1. The second-order valence-electron chi connectivity index (χ2n) is 9.03. The molecule has 2 N–H and O–H groups in total. The van der Waals surface area contributed by atoms with Crippen molar-refractivity contribution in [2.24, 2.45) is 0 Å². The van der Waals surface area contributed by atoms with Gasteiger partial charge < -0.3 is 10.1 Å². The normalized spacial score (nSPS) is 19.3. The predicted molar refractivity (Wildman–Crippen MR) is 132 cm³/mol. The lowest BCUT2D eigenvalue weighted by Gasteiger charge is -2.29. The van der Waals surface area contributed by atoms with E-state index in [4.69, 9.17) is 5.26 Å². The van der Waals surface area contributed by atoms with Crippen LogP contribution in [0.5, 0.6) is 0 Å². The van der Waals surface area contributed by atoms with Crippen LogP contribution in [0.4, 0.5) is 0 Å². The Morgan fingerprint density at radius 3 is 2.76 bits per heavy atom. The van der Waals surface area contributed by atoms with Crippen molar-refractivity contribution in [3.05, 3.63) is 88.9 Å². The van der Waals surface area contributed by atoms with Crippen LogP contribution in [0.25, 0.3) is 21.9 Å². The number of hydrogen-bond acceptors (Lipinski definition) is 5. The molecule has 0 radical (unpaired) electrons. The molecule has 2 atom stereocenters. The third-order valence-electron chi connectivity index (χ3n) is 6.52. The lowest BCUT2D eigenvalue weighted by Crippen LogP contribution is -2.38. The Kier molecular flexibility index (Phi) is 5.01. The third-order valence-corrected chi connectivity index (χ3v) is 8.80. The topological polar surface area (TPSA) is 112 Å². The minimum Gasteiger partial charge on any atom is -0.380 e. The molecule has 0 amide bonds. The molecular formula is C26H24N4O3S. The van der Waals surface area contributed by atoms with Crippen LogP contribution in [0, 0.1) is 18.3 Å². The van der Waals surface area contributed by atoms with E-state index in [1.807, 2.05) is 32.1 Å². The summed E-state index contributed by atoms with van der Waals surface area (Å²) >= 11 is 0. The number of aliphatic hydroxyl groups is 1. The van der Waals surface area contributed by atoms with Crippen LogP contribution in [0.15, 0.2) is 66.4 Å². The summed E-state index contributed by atoms with van der Waals surface area (Å²) in [6.45, 7) is 5.49. The third kappa shape index (κ3) is 3.28. The molecule has 7 nitrogen and oxygen atoms in total. The first-order valence-electron chi connectivity index (χ1n) is 10.9. The zero-order chi connectivity index (χ0) is 24.3. The highest BCUT2D eigenvalue weighted by Gasteiger charge is 2.39. The van der Waals surface area contributed by atoms with Crippen LogP contribution >= 0.6 is 0 Å². The minimum absolute atomic E-state index is 0.328. The number of hydrogen-bond donors (Lipinski definition) is 2. The molecule has 34 heavy (non-hydrogen) atoms. The molecule has 0 spiro atoms. The van der Waals surface area contributed by atoms with Gasteiger partial charge in [0, 0.05) is 11.6 Å². The van der Waals surface area contributed by atoms with Crippen molar-refractivity contribution in [1.29, 1.82) is 5.26 Å². The molecule has 1 aliphatic rings. The van der Waals surface area contributed by atoms with Gasteiger partial charge in [-0.05, 0) is 62.6 Å². The number of nitrogens with one attached hydrogen (secondary N) is 1. The van der Waals surface area contributed by atoms with Crippen LogP contribution in [0.1, 0.15) is 48.9 Å². The lowest BCUT2D eigenvalue weighted by atomic mass is 9.98. The molecule has 2 aromatic carbocycles. The molecule has 2 unspecified atom stereocenters. The predicted octanol–water partition coefficient (Wildman–Crippen LogP) is 4.62. The Morgan fingerprint density at radius 2 is 2.03 bits per heavy atom. The molecule has 0 fully saturated rings. The van der Waals surface area contributed by atoms with Gasteiger partial charge in [0.25, 0.3) is 0 Å². The van der Waals surface area contributed by atoms with E-state index in [-0.39, 0.29) is 0 Å². The van der Waals surface area contributed by atoms with Gasteiger partial charge in [0.05, 0.1) is 28.2 Å². The number of aromatic amines is 1. The highest BCUT2D eigenvalue weighted by molar-refractivity contribution is 7.91. The molecule has 2 heterocycles. The van der Waals surface area contributed by atoms with Gasteiger partial charge in [0.15, 0.2) is 0 Å². The van der Waals surface area contributed by atoms with E-state index in [0.29, 0.717) is 45.3 Å². The Morgan fingerprint density at radius 1 is 1.24 bits per heavy atom. The second kappa shape index (κ2) is 7.69. The average molecular weight is 473 g/mol. The number of fused-ring (bicyclic) bond motifs is 2. The Hall–Kier alpha value is -3.67. The van der Waals surface area contributed by atoms with Crippen molar-refractivity contribution in [2.75, 3.05) is 0 Å². The largest absolute Gasteiger partial charge is 0.380 e. The lowest BCUT2D eigenvalue weighted by molar-refractivity contribution is 0.213. The fourth-order valence-corrected chi connectivity index (χ4v) is 6.50. The van der Waals surface area contributed by atoms with Gasteiger partial charge in [0.2, 0.25) is 10.0 Å². The van der Waals surface area contributed by atoms with Gasteiger partial charge in [-0.15, -0.1) is 0 Å². The summed E-state index contributed by atoms with van der Waals surface area (Å²) in [4.78, 5) is 7.58. The minimum atomic E-state index is -3.78. The standard InChI is InChI=1S/C26H24N4O3S/c1-16-5-4-11-26(3,14-16)34(32,33)30-12-10-19-20(8-6-17(2)23(19)30)24(31)25-28-21-9-7-18(15-27)13-22(21)29-25/h4-10,12-14,24,31H,11H2,1-3H3,(H,28,29). The first-order chi connectivity index (χ1) is 16.1.